The van der Waals surface area contributed by atoms with Gasteiger partial charge in [0.25, 0.3) is 15.9 Å². The van der Waals surface area contributed by atoms with Crippen LogP contribution < -0.4 is 5.32 Å². The SMILES string of the molecule is Cc1ccc(S(=O)(=O)n2cc(CNC(=O)c3cnccc3C(F)(F)F)nn2)cc1. The van der Waals surface area contributed by atoms with Crippen molar-refractivity contribution in [3.8, 4) is 0 Å². The standard InChI is InChI=1S/C17H14F3N5O3S/c1-11-2-4-13(5-3-11)29(27,28)25-10-12(23-24-25)8-22-16(26)14-9-21-7-6-15(14)17(18,19)20/h2-7,9-10H,8H2,1H3,(H,22,26). The Morgan fingerprint density at radius 2 is 1.86 bits per heavy atom. The second kappa shape index (κ2) is 7.62. The third-order valence-electron chi connectivity index (χ3n) is 3.89. The van der Waals surface area contributed by atoms with Gasteiger partial charge in [-0.2, -0.15) is 21.6 Å². The zero-order chi connectivity index (χ0) is 21.2. The topological polar surface area (TPSA) is 107 Å². The summed E-state index contributed by atoms with van der Waals surface area (Å²) < 4.78 is 64.6. The van der Waals surface area contributed by atoms with Crippen molar-refractivity contribution in [2.75, 3.05) is 0 Å². The molecule has 0 spiro atoms. The summed E-state index contributed by atoms with van der Waals surface area (Å²) in [6, 6.07) is 6.76. The van der Waals surface area contributed by atoms with Crippen LogP contribution in [0.2, 0.25) is 0 Å². The van der Waals surface area contributed by atoms with Gasteiger partial charge in [-0.15, -0.1) is 9.19 Å². The number of nitrogens with one attached hydrogen (secondary N) is 1. The average Bonchev–Trinajstić information content (AvgIpc) is 3.16. The predicted molar refractivity (Wildman–Crippen MR) is 94.2 cm³/mol. The van der Waals surface area contributed by atoms with E-state index in [1.807, 2.05) is 0 Å². The van der Waals surface area contributed by atoms with Gasteiger partial charge in [-0.05, 0) is 25.1 Å². The van der Waals surface area contributed by atoms with Crippen LogP contribution in [0.1, 0.15) is 27.2 Å². The summed E-state index contributed by atoms with van der Waals surface area (Å²) in [5, 5.41) is 9.42. The van der Waals surface area contributed by atoms with Crippen LogP contribution in [-0.4, -0.2) is 33.7 Å². The van der Waals surface area contributed by atoms with Gasteiger partial charge in [-0.3, -0.25) is 9.78 Å². The maximum absolute atomic E-state index is 13.0. The van der Waals surface area contributed by atoms with Crippen LogP contribution in [0.4, 0.5) is 13.2 Å². The first-order valence-electron chi connectivity index (χ1n) is 8.12. The van der Waals surface area contributed by atoms with Crippen molar-refractivity contribution in [3.05, 3.63) is 71.3 Å². The van der Waals surface area contributed by atoms with Crippen molar-refractivity contribution in [1.29, 1.82) is 0 Å². The number of carbonyl (C=O) groups is 1. The van der Waals surface area contributed by atoms with E-state index >= 15 is 0 Å². The van der Waals surface area contributed by atoms with Gasteiger partial charge in [0.2, 0.25) is 0 Å². The number of nitrogens with zero attached hydrogens (tertiary/aromatic N) is 4. The average molecular weight is 425 g/mol. The number of alkyl halides is 3. The number of aryl methyl sites for hydroxylation is 1. The predicted octanol–water partition coefficient (Wildman–Crippen LogP) is 2.17. The molecule has 0 saturated carbocycles. The van der Waals surface area contributed by atoms with Gasteiger partial charge < -0.3 is 5.32 Å². The van der Waals surface area contributed by atoms with Crippen LogP contribution in [0.25, 0.3) is 0 Å². The van der Waals surface area contributed by atoms with Gasteiger partial charge in [-0.25, -0.2) is 0 Å². The molecule has 0 aliphatic heterocycles. The molecule has 2 heterocycles. The maximum Gasteiger partial charge on any atom is 0.417 e. The molecule has 1 N–H and O–H groups in total. The van der Waals surface area contributed by atoms with Crippen molar-refractivity contribution in [2.45, 2.75) is 24.5 Å². The van der Waals surface area contributed by atoms with Crippen LogP contribution in [-0.2, 0) is 22.7 Å². The number of amides is 1. The molecule has 0 bridgehead atoms. The number of halogens is 3. The number of hydrogen-bond donors (Lipinski definition) is 1. The molecule has 2 aromatic heterocycles. The van der Waals surface area contributed by atoms with Crippen LogP contribution in [0.15, 0.2) is 53.8 Å². The molecule has 0 aliphatic carbocycles. The summed E-state index contributed by atoms with van der Waals surface area (Å²) in [6.07, 6.45) is -1.91. The molecule has 0 fully saturated rings. The molecule has 0 atom stereocenters. The Balaban J connectivity index is 1.75. The number of benzene rings is 1. The van der Waals surface area contributed by atoms with Gasteiger partial charge in [0.15, 0.2) is 0 Å². The largest absolute Gasteiger partial charge is 0.417 e. The minimum Gasteiger partial charge on any atom is -0.346 e. The summed E-state index contributed by atoms with van der Waals surface area (Å²) >= 11 is 0. The van der Waals surface area contributed by atoms with Crippen LogP contribution in [0.3, 0.4) is 0 Å². The van der Waals surface area contributed by atoms with Crippen molar-refractivity contribution < 1.29 is 26.4 Å². The van der Waals surface area contributed by atoms with Gasteiger partial charge >= 0.3 is 6.18 Å². The van der Waals surface area contributed by atoms with Crippen molar-refractivity contribution in [3.63, 3.8) is 0 Å². The van der Waals surface area contributed by atoms with Gasteiger partial charge in [0.1, 0.15) is 5.69 Å². The Bertz CT molecular complexity index is 1140. The molecular formula is C17H14F3N5O3S. The molecule has 0 saturated heterocycles. The van der Waals surface area contributed by atoms with E-state index < -0.39 is 33.2 Å². The highest BCUT2D eigenvalue weighted by atomic mass is 32.2. The monoisotopic (exact) mass is 425 g/mol. The minimum atomic E-state index is -4.72. The fraction of sp³-hybridized carbons (Fsp3) is 0.176. The van der Waals surface area contributed by atoms with E-state index in [1.54, 1.807) is 19.1 Å². The van der Waals surface area contributed by atoms with E-state index in [1.165, 1.54) is 12.1 Å². The van der Waals surface area contributed by atoms with Crippen LogP contribution in [0.5, 0.6) is 0 Å². The second-order valence-electron chi connectivity index (χ2n) is 6.00. The smallest absolute Gasteiger partial charge is 0.346 e. The Morgan fingerprint density at radius 3 is 2.52 bits per heavy atom. The molecule has 1 aromatic carbocycles. The van der Waals surface area contributed by atoms with Crippen LogP contribution >= 0.6 is 0 Å². The van der Waals surface area contributed by atoms with E-state index in [4.69, 9.17) is 0 Å². The normalized spacial score (nSPS) is 12.0. The number of rotatable bonds is 5. The third kappa shape index (κ3) is 4.42. The number of hydrogen-bond acceptors (Lipinski definition) is 6. The Kier molecular flexibility index (Phi) is 5.38. The zero-order valence-corrected chi connectivity index (χ0v) is 15.7. The summed E-state index contributed by atoms with van der Waals surface area (Å²) in [5.74, 6) is -1.03. The zero-order valence-electron chi connectivity index (χ0n) is 14.9. The quantitative estimate of drug-likeness (QED) is 0.672. The highest BCUT2D eigenvalue weighted by Gasteiger charge is 2.35. The Labute approximate surface area is 163 Å². The maximum atomic E-state index is 13.0. The minimum absolute atomic E-state index is 0.00577. The van der Waals surface area contributed by atoms with Crippen LogP contribution in [0, 0.1) is 6.92 Å². The number of carbonyl (C=O) groups excluding carboxylic acids is 1. The second-order valence-corrected chi connectivity index (χ2v) is 7.80. The molecule has 0 unspecified atom stereocenters. The lowest BCUT2D eigenvalue weighted by Gasteiger charge is -2.11. The van der Waals surface area contributed by atoms with Gasteiger partial charge in [0.05, 0.1) is 28.8 Å². The van der Waals surface area contributed by atoms with Crippen molar-refractivity contribution in [1.82, 2.24) is 24.7 Å². The number of pyridine rings is 1. The third-order valence-corrected chi connectivity index (χ3v) is 5.43. The van der Waals surface area contributed by atoms with Gasteiger partial charge in [-0.1, -0.05) is 22.9 Å². The van der Waals surface area contributed by atoms with E-state index in [2.05, 4.69) is 20.6 Å². The molecular weight excluding hydrogens is 411 g/mol. The molecule has 0 radical (unpaired) electrons. The first-order valence-corrected chi connectivity index (χ1v) is 9.56. The molecule has 29 heavy (non-hydrogen) atoms. The lowest BCUT2D eigenvalue weighted by atomic mass is 10.1. The highest BCUT2D eigenvalue weighted by Crippen LogP contribution is 2.31. The summed E-state index contributed by atoms with van der Waals surface area (Å²) in [5.41, 5.74) is -0.860. The molecule has 152 valence electrons. The van der Waals surface area contributed by atoms with Gasteiger partial charge in [0, 0.05) is 12.4 Å². The fourth-order valence-electron chi connectivity index (χ4n) is 2.39. The first-order chi connectivity index (χ1) is 13.6. The summed E-state index contributed by atoms with van der Waals surface area (Å²) in [7, 11) is -3.98. The summed E-state index contributed by atoms with van der Waals surface area (Å²) in [4.78, 5) is 15.7. The molecule has 3 rings (SSSR count). The van der Waals surface area contributed by atoms with E-state index in [0.29, 0.717) is 10.2 Å². The molecule has 1 amide bonds. The Morgan fingerprint density at radius 1 is 1.17 bits per heavy atom. The first kappa shape index (κ1) is 20.5. The summed E-state index contributed by atoms with van der Waals surface area (Å²) in [6.45, 7) is 1.48. The highest BCUT2D eigenvalue weighted by molar-refractivity contribution is 7.89. The molecule has 12 heteroatoms. The molecule has 0 aliphatic rings. The van der Waals surface area contributed by atoms with E-state index in [9.17, 15) is 26.4 Å². The van der Waals surface area contributed by atoms with Crippen molar-refractivity contribution in [2.24, 2.45) is 0 Å². The number of aromatic nitrogens is 4. The fourth-order valence-corrected chi connectivity index (χ4v) is 3.48. The molecule has 3 aromatic rings. The lowest BCUT2D eigenvalue weighted by molar-refractivity contribution is -0.138. The van der Waals surface area contributed by atoms with E-state index in [-0.39, 0.29) is 17.1 Å². The van der Waals surface area contributed by atoms with Crippen molar-refractivity contribution >= 4 is 15.9 Å². The lowest BCUT2D eigenvalue weighted by Crippen LogP contribution is -2.26. The molecule has 8 nitrogen and oxygen atoms in total. The van der Waals surface area contributed by atoms with E-state index in [0.717, 1.165) is 24.2 Å². The Hall–Kier alpha value is -3.28.